The van der Waals surface area contributed by atoms with Gasteiger partial charge in [-0.15, -0.1) is 0 Å². The molecule has 7 nitrogen and oxygen atoms in total. The fraction of sp³-hybridized carbons (Fsp3) is 0.300. The topological polar surface area (TPSA) is 94.1 Å². The number of amides is 1. The minimum atomic E-state index is -0.914. The molecule has 0 aliphatic rings. The van der Waals surface area contributed by atoms with Gasteiger partial charge < -0.3 is 24.6 Å². The van der Waals surface area contributed by atoms with Gasteiger partial charge in [0.05, 0.1) is 20.8 Å². The number of hydrogen-bond donors (Lipinski definition) is 2. The van der Waals surface area contributed by atoms with Crippen LogP contribution >= 0.6 is 0 Å². The van der Waals surface area contributed by atoms with Crippen molar-refractivity contribution in [1.82, 2.24) is 5.32 Å². The summed E-state index contributed by atoms with van der Waals surface area (Å²) < 4.78 is 15.5. The largest absolute Gasteiger partial charge is 0.493 e. The van der Waals surface area contributed by atoms with Crippen LogP contribution in [0.4, 0.5) is 0 Å². The van der Waals surface area contributed by atoms with E-state index in [0.29, 0.717) is 17.1 Å². The highest BCUT2D eigenvalue weighted by atomic mass is 16.5. The summed E-state index contributed by atoms with van der Waals surface area (Å²) in [6, 6.07) is 12.9. The predicted molar refractivity (Wildman–Crippen MR) is 99.0 cm³/mol. The summed E-state index contributed by atoms with van der Waals surface area (Å²) in [6.07, 6.45) is 0.198. The first kappa shape index (κ1) is 20.3. The average molecular weight is 373 g/mol. The molecule has 0 fully saturated rings. The number of esters is 1. The first-order chi connectivity index (χ1) is 13.1. The fourth-order valence-corrected chi connectivity index (χ4v) is 2.51. The van der Waals surface area contributed by atoms with Crippen LogP contribution in [0.15, 0.2) is 48.5 Å². The summed E-state index contributed by atoms with van der Waals surface area (Å²) >= 11 is 0. The van der Waals surface area contributed by atoms with E-state index in [2.05, 4.69) is 5.32 Å². The Labute approximate surface area is 157 Å². The fourth-order valence-electron chi connectivity index (χ4n) is 2.51. The minimum absolute atomic E-state index is 0.136. The number of nitrogens with one attached hydrogen (secondary N) is 1. The van der Waals surface area contributed by atoms with Crippen molar-refractivity contribution in [2.75, 3.05) is 27.4 Å². The molecular formula is C20H23NO6. The van der Waals surface area contributed by atoms with Gasteiger partial charge in [-0.3, -0.25) is 4.79 Å². The molecule has 0 spiro atoms. The number of hydrogen-bond acceptors (Lipinski definition) is 6. The summed E-state index contributed by atoms with van der Waals surface area (Å²) in [5, 5.41) is 11.6. The van der Waals surface area contributed by atoms with Gasteiger partial charge in [-0.1, -0.05) is 24.3 Å². The van der Waals surface area contributed by atoms with Gasteiger partial charge in [0.25, 0.3) is 5.91 Å². The zero-order chi connectivity index (χ0) is 19.6. The Balaban J connectivity index is 2.19. The summed E-state index contributed by atoms with van der Waals surface area (Å²) in [5.74, 6) is 0.0750. The maximum absolute atomic E-state index is 12.4. The molecule has 2 rings (SSSR count). The van der Waals surface area contributed by atoms with Crippen LogP contribution in [0.3, 0.4) is 0 Å². The Kier molecular flexibility index (Phi) is 7.63. The molecule has 0 radical (unpaired) electrons. The van der Waals surface area contributed by atoms with Gasteiger partial charge in [-0.2, -0.15) is 0 Å². The molecule has 1 atom stereocenters. The van der Waals surface area contributed by atoms with Crippen LogP contribution in [0.2, 0.25) is 0 Å². The van der Waals surface area contributed by atoms with Crippen LogP contribution < -0.4 is 14.8 Å². The lowest BCUT2D eigenvalue weighted by molar-refractivity contribution is -0.146. The Morgan fingerprint density at radius 2 is 1.74 bits per heavy atom. The third kappa shape index (κ3) is 5.72. The van der Waals surface area contributed by atoms with E-state index in [4.69, 9.17) is 19.3 Å². The molecule has 0 bridgehead atoms. The van der Waals surface area contributed by atoms with Crippen molar-refractivity contribution in [2.45, 2.75) is 12.5 Å². The lowest BCUT2D eigenvalue weighted by Crippen LogP contribution is -2.43. The molecule has 0 saturated heterocycles. The third-order valence-electron chi connectivity index (χ3n) is 3.85. The van der Waals surface area contributed by atoms with Crippen LogP contribution in [-0.2, 0) is 16.0 Å². The highest BCUT2D eigenvalue weighted by Gasteiger charge is 2.24. The smallest absolute Gasteiger partial charge is 0.329 e. The molecule has 0 heterocycles. The van der Waals surface area contributed by atoms with Gasteiger partial charge in [0.2, 0.25) is 0 Å². The number of carbonyl (C=O) groups is 2. The van der Waals surface area contributed by atoms with Crippen molar-refractivity contribution < 1.29 is 28.9 Å². The second-order valence-corrected chi connectivity index (χ2v) is 5.68. The number of aliphatic hydroxyl groups is 1. The molecule has 0 aliphatic heterocycles. The first-order valence-corrected chi connectivity index (χ1v) is 8.43. The summed E-state index contributed by atoms with van der Waals surface area (Å²) in [4.78, 5) is 24.8. The molecule has 0 aromatic heterocycles. The summed E-state index contributed by atoms with van der Waals surface area (Å²) in [5.41, 5.74) is 1.19. The Hall–Kier alpha value is -3.06. The molecule has 0 saturated carbocycles. The van der Waals surface area contributed by atoms with E-state index in [-0.39, 0.29) is 25.5 Å². The second kappa shape index (κ2) is 10.2. The van der Waals surface area contributed by atoms with E-state index >= 15 is 0 Å². The third-order valence-corrected chi connectivity index (χ3v) is 3.85. The summed E-state index contributed by atoms with van der Waals surface area (Å²) in [6.45, 7) is -0.427. The highest BCUT2D eigenvalue weighted by molar-refractivity contribution is 5.96. The molecule has 0 aliphatic carbocycles. The number of rotatable bonds is 9. The zero-order valence-corrected chi connectivity index (χ0v) is 15.3. The summed E-state index contributed by atoms with van der Waals surface area (Å²) in [7, 11) is 3.05. The monoisotopic (exact) mass is 373 g/mol. The molecule has 1 amide bonds. The normalized spacial score (nSPS) is 11.4. The van der Waals surface area contributed by atoms with Crippen LogP contribution in [0.1, 0.15) is 15.9 Å². The van der Waals surface area contributed by atoms with E-state index in [1.807, 2.05) is 0 Å². The van der Waals surface area contributed by atoms with E-state index in [9.17, 15) is 9.59 Å². The zero-order valence-electron chi connectivity index (χ0n) is 15.3. The van der Waals surface area contributed by atoms with Crippen molar-refractivity contribution >= 4 is 11.9 Å². The Bertz CT molecular complexity index is 762. The van der Waals surface area contributed by atoms with E-state index in [0.717, 1.165) is 5.56 Å². The maximum atomic E-state index is 12.4. The molecular weight excluding hydrogens is 350 g/mol. The number of carbonyl (C=O) groups excluding carboxylic acids is 2. The molecule has 27 heavy (non-hydrogen) atoms. The Morgan fingerprint density at radius 3 is 2.37 bits per heavy atom. The Morgan fingerprint density at radius 1 is 1.04 bits per heavy atom. The first-order valence-electron chi connectivity index (χ1n) is 8.43. The minimum Gasteiger partial charge on any atom is -0.493 e. The van der Waals surface area contributed by atoms with Gasteiger partial charge in [-0.05, 0) is 29.8 Å². The van der Waals surface area contributed by atoms with Gasteiger partial charge in [0, 0.05) is 12.0 Å². The van der Waals surface area contributed by atoms with Crippen LogP contribution in [-0.4, -0.2) is 50.5 Å². The molecule has 0 unspecified atom stereocenters. The maximum Gasteiger partial charge on any atom is 0.329 e. The van der Waals surface area contributed by atoms with Gasteiger partial charge >= 0.3 is 5.97 Å². The molecule has 2 aromatic rings. The van der Waals surface area contributed by atoms with Crippen molar-refractivity contribution in [2.24, 2.45) is 0 Å². The number of aliphatic hydroxyl groups excluding tert-OH is 1. The van der Waals surface area contributed by atoms with E-state index < -0.39 is 12.0 Å². The van der Waals surface area contributed by atoms with Crippen molar-refractivity contribution in [3.05, 3.63) is 59.7 Å². The lowest BCUT2D eigenvalue weighted by atomic mass is 10.0. The molecule has 144 valence electrons. The van der Waals surface area contributed by atoms with Gasteiger partial charge in [0.15, 0.2) is 11.5 Å². The number of ether oxygens (including phenoxy) is 3. The molecule has 2 aromatic carbocycles. The quantitative estimate of drug-likeness (QED) is 0.648. The highest BCUT2D eigenvalue weighted by Crippen LogP contribution is 2.28. The van der Waals surface area contributed by atoms with Gasteiger partial charge in [0.1, 0.15) is 12.6 Å². The van der Waals surface area contributed by atoms with Crippen molar-refractivity contribution in [1.29, 1.82) is 0 Å². The number of benzene rings is 2. The van der Waals surface area contributed by atoms with Crippen molar-refractivity contribution in [3.63, 3.8) is 0 Å². The van der Waals surface area contributed by atoms with Crippen molar-refractivity contribution in [3.8, 4) is 11.5 Å². The van der Waals surface area contributed by atoms with Crippen LogP contribution in [0.25, 0.3) is 0 Å². The SMILES string of the molecule is COc1ccc(C[C@H](NC(=O)c2ccccc2)C(=O)OCCO)cc1OC. The second-order valence-electron chi connectivity index (χ2n) is 5.68. The van der Waals surface area contributed by atoms with E-state index in [1.54, 1.807) is 48.5 Å². The van der Waals surface area contributed by atoms with Crippen LogP contribution in [0.5, 0.6) is 11.5 Å². The standard InChI is InChI=1S/C20H23NO6/c1-25-17-9-8-14(13-18(17)26-2)12-16(20(24)27-11-10-22)21-19(23)15-6-4-3-5-7-15/h3-9,13,16,22H,10-12H2,1-2H3,(H,21,23)/t16-/m0/s1. The molecule has 2 N–H and O–H groups in total. The van der Waals surface area contributed by atoms with E-state index in [1.165, 1.54) is 14.2 Å². The van der Waals surface area contributed by atoms with Crippen LogP contribution in [0, 0.1) is 0 Å². The lowest BCUT2D eigenvalue weighted by Gasteiger charge is -2.18. The van der Waals surface area contributed by atoms with Gasteiger partial charge in [-0.25, -0.2) is 4.79 Å². The number of methoxy groups -OCH3 is 2. The predicted octanol–water partition coefficient (Wildman–Crippen LogP) is 1.58. The average Bonchev–Trinajstić information content (AvgIpc) is 2.71. The molecule has 7 heteroatoms.